The Kier molecular flexibility index (Phi) is 6.01. The van der Waals surface area contributed by atoms with Crippen molar-refractivity contribution in [3.8, 4) is 5.75 Å². The largest absolute Gasteiger partial charge is 0.494 e. The van der Waals surface area contributed by atoms with Crippen LogP contribution in [0, 0.1) is 0 Å². The number of thioether (sulfide) groups is 1. The van der Waals surface area contributed by atoms with Crippen LogP contribution in [0.25, 0.3) is 0 Å². The third-order valence-electron chi connectivity index (χ3n) is 2.18. The highest BCUT2D eigenvalue weighted by atomic mass is 32.2. The van der Waals surface area contributed by atoms with Crippen LogP contribution in [-0.4, -0.2) is 24.4 Å². The molecule has 1 aromatic rings. The number of rotatable bonds is 7. The average Bonchev–Trinajstić information content (AvgIpc) is 2.34. The number of ketones is 1. The molecule has 0 aliphatic heterocycles. The van der Waals surface area contributed by atoms with Crippen LogP contribution in [0.5, 0.6) is 5.75 Å². The zero-order valence-electron chi connectivity index (χ0n) is 9.86. The Hall–Kier alpha value is -0.960. The first-order chi connectivity index (χ1) is 7.77. The Labute approximate surface area is 101 Å². The van der Waals surface area contributed by atoms with Crippen LogP contribution in [-0.2, 0) is 0 Å². The van der Waals surface area contributed by atoms with Crippen molar-refractivity contribution in [3.05, 3.63) is 29.8 Å². The highest BCUT2D eigenvalue weighted by molar-refractivity contribution is 7.98. The van der Waals surface area contributed by atoms with Crippen molar-refractivity contribution < 1.29 is 9.53 Å². The van der Waals surface area contributed by atoms with Crippen molar-refractivity contribution in [3.63, 3.8) is 0 Å². The summed E-state index contributed by atoms with van der Waals surface area (Å²) in [5.74, 6) is 1.92. The Balaban J connectivity index is 2.53. The fourth-order valence-electron chi connectivity index (χ4n) is 1.30. The highest BCUT2D eigenvalue weighted by Gasteiger charge is 2.04. The normalized spacial score (nSPS) is 10.1. The van der Waals surface area contributed by atoms with E-state index < -0.39 is 0 Å². The Morgan fingerprint density at radius 2 is 2.00 bits per heavy atom. The zero-order valence-corrected chi connectivity index (χ0v) is 10.7. The van der Waals surface area contributed by atoms with Crippen molar-refractivity contribution in [2.75, 3.05) is 18.6 Å². The second kappa shape index (κ2) is 7.34. The minimum atomic E-state index is 0.205. The number of carbonyl (C=O) groups is 1. The third-order valence-corrected chi connectivity index (χ3v) is 2.79. The van der Waals surface area contributed by atoms with Crippen molar-refractivity contribution in [2.45, 2.75) is 19.8 Å². The fourth-order valence-corrected chi connectivity index (χ4v) is 1.69. The van der Waals surface area contributed by atoms with E-state index in [1.807, 2.05) is 30.5 Å². The number of hydrogen-bond acceptors (Lipinski definition) is 3. The van der Waals surface area contributed by atoms with Gasteiger partial charge in [-0.1, -0.05) is 6.92 Å². The Bertz CT molecular complexity index is 319. The molecule has 0 saturated heterocycles. The van der Waals surface area contributed by atoms with Crippen LogP contribution < -0.4 is 4.74 Å². The van der Waals surface area contributed by atoms with Crippen molar-refractivity contribution >= 4 is 17.5 Å². The maximum absolute atomic E-state index is 11.7. The molecule has 0 N–H and O–H groups in total. The van der Waals surface area contributed by atoms with Gasteiger partial charge in [0.2, 0.25) is 0 Å². The summed E-state index contributed by atoms with van der Waals surface area (Å²) < 4.78 is 5.46. The number of carbonyl (C=O) groups excluding carboxylic acids is 1. The van der Waals surface area contributed by atoms with Crippen LogP contribution in [0.3, 0.4) is 0 Å². The van der Waals surface area contributed by atoms with Gasteiger partial charge in [0.1, 0.15) is 5.75 Å². The minimum absolute atomic E-state index is 0.205. The van der Waals surface area contributed by atoms with Gasteiger partial charge in [-0.2, -0.15) is 11.8 Å². The predicted molar refractivity (Wildman–Crippen MR) is 69.6 cm³/mol. The van der Waals surface area contributed by atoms with E-state index in [4.69, 9.17) is 4.74 Å². The van der Waals surface area contributed by atoms with Crippen molar-refractivity contribution in [2.24, 2.45) is 0 Å². The summed E-state index contributed by atoms with van der Waals surface area (Å²) in [6, 6.07) is 7.41. The third kappa shape index (κ3) is 4.27. The molecule has 0 bridgehead atoms. The number of Topliss-reactive ketones (excluding diaryl/α,β-unsaturated/α-hetero) is 1. The van der Waals surface area contributed by atoms with Gasteiger partial charge in [-0.3, -0.25) is 4.79 Å². The number of ether oxygens (including phenoxy) is 1. The van der Waals surface area contributed by atoms with Gasteiger partial charge in [0.05, 0.1) is 6.61 Å². The van der Waals surface area contributed by atoms with Gasteiger partial charge in [-0.25, -0.2) is 0 Å². The Morgan fingerprint density at radius 3 is 2.56 bits per heavy atom. The summed E-state index contributed by atoms with van der Waals surface area (Å²) in [5, 5.41) is 0. The van der Waals surface area contributed by atoms with E-state index in [0.29, 0.717) is 6.42 Å². The molecule has 3 heteroatoms. The lowest BCUT2D eigenvalue weighted by Gasteiger charge is -2.05. The van der Waals surface area contributed by atoms with Crippen molar-refractivity contribution in [1.29, 1.82) is 0 Å². The summed E-state index contributed by atoms with van der Waals surface area (Å²) in [6.45, 7) is 2.79. The lowest BCUT2D eigenvalue weighted by molar-refractivity contribution is 0.0989. The molecule has 0 radical (unpaired) electrons. The fraction of sp³-hybridized carbons (Fsp3) is 0.462. The molecule has 16 heavy (non-hydrogen) atoms. The minimum Gasteiger partial charge on any atom is -0.494 e. The van der Waals surface area contributed by atoms with E-state index >= 15 is 0 Å². The monoisotopic (exact) mass is 238 g/mol. The van der Waals surface area contributed by atoms with Gasteiger partial charge < -0.3 is 4.74 Å². The van der Waals surface area contributed by atoms with E-state index in [1.165, 1.54) is 0 Å². The molecule has 0 unspecified atom stereocenters. The molecule has 2 nitrogen and oxygen atoms in total. The van der Waals surface area contributed by atoms with Crippen LogP contribution >= 0.6 is 11.8 Å². The second-order valence-corrected chi connectivity index (χ2v) is 4.52. The van der Waals surface area contributed by atoms with Crippen LogP contribution in [0.2, 0.25) is 0 Å². The maximum atomic E-state index is 11.7. The average molecular weight is 238 g/mol. The van der Waals surface area contributed by atoms with E-state index in [9.17, 15) is 4.79 Å². The lowest BCUT2D eigenvalue weighted by Crippen LogP contribution is -2.01. The van der Waals surface area contributed by atoms with Crippen LogP contribution in [0.1, 0.15) is 30.1 Å². The zero-order chi connectivity index (χ0) is 11.8. The predicted octanol–water partition coefficient (Wildman–Crippen LogP) is 3.41. The molecule has 0 amide bonds. The quantitative estimate of drug-likeness (QED) is 0.681. The van der Waals surface area contributed by atoms with Gasteiger partial charge in [0.25, 0.3) is 0 Å². The van der Waals surface area contributed by atoms with E-state index in [1.54, 1.807) is 11.8 Å². The summed E-state index contributed by atoms with van der Waals surface area (Å²) in [5.41, 5.74) is 0.776. The molecule has 0 atom stereocenters. The highest BCUT2D eigenvalue weighted by Crippen LogP contribution is 2.14. The van der Waals surface area contributed by atoms with Gasteiger partial charge in [-0.05, 0) is 36.9 Å². The topological polar surface area (TPSA) is 26.3 Å². The van der Waals surface area contributed by atoms with Gasteiger partial charge >= 0.3 is 0 Å². The molecule has 0 spiro atoms. The molecule has 1 rings (SSSR count). The van der Waals surface area contributed by atoms with Crippen LogP contribution in [0.15, 0.2) is 24.3 Å². The summed E-state index contributed by atoms with van der Waals surface area (Å²) in [6.07, 6.45) is 3.61. The van der Waals surface area contributed by atoms with Crippen molar-refractivity contribution in [1.82, 2.24) is 0 Å². The SMILES string of the molecule is CCCOc1ccc(C(=O)CCSC)cc1. The molecule has 0 aromatic heterocycles. The molecule has 0 aliphatic rings. The van der Waals surface area contributed by atoms with Gasteiger partial charge in [0, 0.05) is 17.7 Å². The second-order valence-electron chi connectivity index (χ2n) is 3.54. The smallest absolute Gasteiger partial charge is 0.163 e. The standard InChI is InChI=1S/C13H18O2S/c1-3-9-15-12-6-4-11(5-7-12)13(14)8-10-16-2/h4-7H,3,8-10H2,1-2H3. The molecule has 0 fully saturated rings. The number of benzene rings is 1. The summed E-state index contributed by atoms with van der Waals surface area (Å²) in [7, 11) is 0. The van der Waals surface area contributed by atoms with Crippen LogP contribution in [0.4, 0.5) is 0 Å². The van der Waals surface area contributed by atoms with Gasteiger partial charge in [0.15, 0.2) is 5.78 Å². The first-order valence-corrected chi connectivity index (χ1v) is 6.92. The summed E-state index contributed by atoms with van der Waals surface area (Å²) in [4.78, 5) is 11.7. The molecular formula is C13H18O2S. The van der Waals surface area contributed by atoms with E-state index in [-0.39, 0.29) is 5.78 Å². The first-order valence-electron chi connectivity index (χ1n) is 5.53. The molecule has 1 aromatic carbocycles. The molecule has 0 aliphatic carbocycles. The van der Waals surface area contributed by atoms with E-state index in [2.05, 4.69) is 6.92 Å². The molecule has 88 valence electrons. The molecular weight excluding hydrogens is 220 g/mol. The van der Waals surface area contributed by atoms with Gasteiger partial charge in [-0.15, -0.1) is 0 Å². The molecule has 0 saturated carbocycles. The molecule has 0 heterocycles. The maximum Gasteiger partial charge on any atom is 0.163 e. The number of hydrogen-bond donors (Lipinski definition) is 0. The Morgan fingerprint density at radius 1 is 1.31 bits per heavy atom. The van der Waals surface area contributed by atoms with E-state index in [0.717, 1.165) is 30.1 Å². The lowest BCUT2D eigenvalue weighted by atomic mass is 10.1. The summed E-state index contributed by atoms with van der Waals surface area (Å²) >= 11 is 1.69. The first kappa shape index (κ1) is 13.1.